The predicted molar refractivity (Wildman–Crippen MR) is 76.7 cm³/mol. The van der Waals surface area contributed by atoms with Crippen LogP contribution in [0.5, 0.6) is 5.75 Å². The summed E-state index contributed by atoms with van der Waals surface area (Å²) in [6.45, 7) is -0.0439. The van der Waals surface area contributed by atoms with Gasteiger partial charge in [0.15, 0.2) is 16.4 Å². The molecule has 1 fully saturated rings. The summed E-state index contributed by atoms with van der Waals surface area (Å²) in [5.74, 6) is 0.762. The van der Waals surface area contributed by atoms with Crippen LogP contribution >= 0.6 is 0 Å². The van der Waals surface area contributed by atoms with Crippen LogP contribution in [0.1, 0.15) is 6.42 Å². The molecule has 2 N–H and O–H groups in total. The van der Waals surface area contributed by atoms with Crippen molar-refractivity contribution in [1.82, 2.24) is 5.32 Å². The third-order valence-electron chi connectivity index (χ3n) is 3.09. The molecule has 20 heavy (non-hydrogen) atoms. The molecule has 0 bridgehead atoms. The van der Waals surface area contributed by atoms with E-state index in [0.717, 1.165) is 5.69 Å². The van der Waals surface area contributed by atoms with E-state index < -0.39 is 9.84 Å². The Labute approximate surface area is 118 Å². The lowest BCUT2D eigenvalue weighted by atomic mass is 10.2. The Bertz CT molecular complexity index is 586. The van der Waals surface area contributed by atoms with Crippen LogP contribution in [0.4, 0.5) is 5.69 Å². The van der Waals surface area contributed by atoms with Gasteiger partial charge in [-0.2, -0.15) is 0 Å². The first-order valence-electron chi connectivity index (χ1n) is 6.39. The molecule has 0 radical (unpaired) electrons. The lowest BCUT2D eigenvalue weighted by Crippen LogP contribution is -2.25. The number of anilines is 1. The molecule has 0 aliphatic carbocycles. The third kappa shape index (κ3) is 4.12. The second kappa shape index (κ2) is 6.13. The molecular weight excluding hydrogens is 280 g/mol. The van der Waals surface area contributed by atoms with E-state index in [-0.39, 0.29) is 30.1 Å². The van der Waals surface area contributed by atoms with Crippen molar-refractivity contribution in [2.24, 2.45) is 0 Å². The normalized spacial score (nSPS) is 20.4. The molecule has 1 saturated heterocycles. The summed E-state index contributed by atoms with van der Waals surface area (Å²) in [6, 6.07) is 7.09. The highest BCUT2D eigenvalue weighted by atomic mass is 32.2. The number of hydrogen-bond acceptors (Lipinski definition) is 5. The van der Waals surface area contributed by atoms with Gasteiger partial charge in [-0.3, -0.25) is 4.79 Å². The highest BCUT2D eigenvalue weighted by Gasteiger charge is 2.27. The van der Waals surface area contributed by atoms with Gasteiger partial charge in [-0.25, -0.2) is 8.42 Å². The number of hydrogen-bond donors (Lipinski definition) is 2. The number of nitrogens with one attached hydrogen (secondary N) is 2. The minimum Gasteiger partial charge on any atom is -0.484 e. The molecule has 1 heterocycles. The summed E-state index contributed by atoms with van der Waals surface area (Å²) >= 11 is 0. The zero-order valence-corrected chi connectivity index (χ0v) is 12.1. The first-order valence-corrected chi connectivity index (χ1v) is 8.21. The first-order chi connectivity index (χ1) is 9.48. The van der Waals surface area contributed by atoms with E-state index in [1.54, 1.807) is 25.2 Å². The SMILES string of the molecule is CNC(=O)COc1cccc(NC2CCS(=O)(=O)C2)c1. The van der Waals surface area contributed by atoms with Crippen LogP contribution in [0.2, 0.25) is 0 Å². The van der Waals surface area contributed by atoms with Crippen molar-refractivity contribution in [3.63, 3.8) is 0 Å². The Morgan fingerprint density at radius 2 is 2.25 bits per heavy atom. The zero-order chi connectivity index (χ0) is 14.6. The second-order valence-electron chi connectivity index (χ2n) is 4.73. The van der Waals surface area contributed by atoms with Crippen molar-refractivity contribution in [2.45, 2.75) is 12.5 Å². The van der Waals surface area contributed by atoms with Gasteiger partial charge in [-0.05, 0) is 18.6 Å². The Hall–Kier alpha value is -1.76. The monoisotopic (exact) mass is 298 g/mol. The van der Waals surface area contributed by atoms with Gasteiger partial charge in [0.25, 0.3) is 5.91 Å². The van der Waals surface area contributed by atoms with Gasteiger partial charge in [0.1, 0.15) is 5.75 Å². The quantitative estimate of drug-likeness (QED) is 0.822. The molecule has 1 unspecified atom stereocenters. The smallest absolute Gasteiger partial charge is 0.257 e. The average molecular weight is 298 g/mol. The van der Waals surface area contributed by atoms with Crippen LogP contribution < -0.4 is 15.4 Å². The van der Waals surface area contributed by atoms with Crippen LogP contribution in [0, 0.1) is 0 Å². The number of sulfone groups is 1. The number of carbonyl (C=O) groups excluding carboxylic acids is 1. The summed E-state index contributed by atoms with van der Waals surface area (Å²) in [4.78, 5) is 11.1. The first kappa shape index (κ1) is 14.6. The molecular formula is C13H18N2O4S. The van der Waals surface area contributed by atoms with Crippen molar-refractivity contribution in [2.75, 3.05) is 30.5 Å². The molecule has 1 aliphatic heterocycles. The van der Waals surface area contributed by atoms with Crippen LogP contribution in [0.25, 0.3) is 0 Å². The summed E-state index contributed by atoms with van der Waals surface area (Å²) in [6.07, 6.45) is 0.617. The average Bonchev–Trinajstić information content (AvgIpc) is 2.75. The molecule has 0 spiro atoms. The molecule has 0 aromatic heterocycles. The number of carbonyl (C=O) groups is 1. The maximum Gasteiger partial charge on any atom is 0.257 e. The van der Waals surface area contributed by atoms with Crippen molar-refractivity contribution in [3.05, 3.63) is 24.3 Å². The number of rotatable bonds is 5. The van der Waals surface area contributed by atoms with E-state index >= 15 is 0 Å². The third-order valence-corrected chi connectivity index (χ3v) is 4.85. The summed E-state index contributed by atoms with van der Waals surface area (Å²) in [5.41, 5.74) is 0.793. The van der Waals surface area contributed by atoms with Gasteiger partial charge >= 0.3 is 0 Å². The fourth-order valence-corrected chi connectivity index (χ4v) is 3.71. The second-order valence-corrected chi connectivity index (χ2v) is 6.96. The van der Waals surface area contributed by atoms with Crippen molar-refractivity contribution < 1.29 is 17.9 Å². The largest absolute Gasteiger partial charge is 0.484 e. The number of benzene rings is 1. The molecule has 7 heteroatoms. The fraction of sp³-hybridized carbons (Fsp3) is 0.462. The maximum atomic E-state index is 11.4. The summed E-state index contributed by atoms with van der Waals surface area (Å²) in [5, 5.41) is 5.65. The molecule has 110 valence electrons. The Kier molecular flexibility index (Phi) is 4.49. The Morgan fingerprint density at radius 3 is 2.90 bits per heavy atom. The van der Waals surface area contributed by atoms with E-state index in [1.807, 2.05) is 6.07 Å². The zero-order valence-electron chi connectivity index (χ0n) is 11.3. The van der Waals surface area contributed by atoms with Crippen molar-refractivity contribution >= 4 is 21.4 Å². The molecule has 6 nitrogen and oxygen atoms in total. The lowest BCUT2D eigenvalue weighted by Gasteiger charge is -2.13. The van der Waals surface area contributed by atoms with Gasteiger partial charge < -0.3 is 15.4 Å². The molecule has 1 aliphatic rings. The van der Waals surface area contributed by atoms with Gasteiger partial charge in [-0.1, -0.05) is 6.07 Å². The molecule has 0 saturated carbocycles. The van der Waals surface area contributed by atoms with Crippen LogP contribution in [-0.4, -0.2) is 45.5 Å². The topological polar surface area (TPSA) is 84.5 Å². The van der Waals surface area contributed by atoms with Gasteiger partial charge in [-0.15, -0.1) is 0 Å². The molecule has 1 aromatic carbocycles. The van der Waals surface area contributed by atoms with Crippen LogP contribution in [-0.2, 0) is 14.6 Å². The summed E-state index contributed by atoms with van der Waals surface area (Å²) < 4.78 is 28.1. The predicted octanol–water partition coefficient (Wildman–Crippen LogP) is 0.410. The van der Waals surface area contributed by atoms with Crippen LogP contribution in [0.15, 0.2) is 24.3 Å². The minimum atomic E-state index is -2.90. The standard InChI is InChI=1S/C13H18N2O4S/c1-14-13(16)8-19-12-4-2-3-10(7-12)15-11-5-6-20(17,18)9-11/h2-4,7,11,15H,5-6,8-9H2,1H3,(H,14,16). The van der Waals surface area contributed by atoms with Gasteiger partial charge in [0.2, 0.25) is 0 Å². The molecule has 1 amide bonds. The van der Waals surface area contributed by atoms with Crippen molar-refractivity contribution in [3.8, 4) is 5.75 Å². The van der Waals surface area contributed by atoms with Crippen molar-refractivity contribution in [1.29, 1.82) is 0 Å². The van der Waals surface area contributed by atoms with Gasteiger partial charge in [0.05, 0.1) is 11.5 Å². The minimum absolute atomic E-state index is 0.0439. The van der Waals surface area contributed by atoms with Gasteiger partial charge in [0, 0.05) is 24.8 Å². The maximum absolute atomic E-state index is 11.4. The number of ether oxygens (including phenoxy) is 1. The summed E-state index contributed by atoms with van der Waals surface area (Å²) in [7, 11) is -1.35. The van der Waals surface area contributed by atoms with E-state index in [0.29, 0.717) is 12.2 Å². The number of likely N-dealkylation sites (N-methyl/N-ethyl adjacent to an activating group) is 1. The lowest BCUT2D eigenvalue weighted by molar-refractivity contribution is -0.122. The van der Waals surface area contributed by atoms with E-state index in [2.05, 4.69) is 10.6 Å². The Morgan fingerprint density at radius 1 is 1.45 bits per heavy atom. The van der Waals surface area contributed by atoms with E-state index in [1.165, 1.54) is 0 Å². The molecule has 1 aromatic rings. The molecule has 1 atom stereocenters. The Balaban J connectivity index is 1.94. The highest BCUT2D eigenvalue weighted by molar-refractivity contribution is 7.91. The van der Waals surface area contributed by atoms with E-state index in [9.17, 15) is 13.2 Å². The fourth-order valence-electron chi connectivity index (χ4n) is 2.04. The highest BCUT2D eigenvalue weighted by Crippen LogP contribution is 2.21. The van der Waals surface area contributed by atoms with E-state index in [4.69, 9.17) is 4.74 Å². The van der Waals surface area contributed by atoms with Crippen LogP contribution in [0.3, 0.4) is 0 Å². The molecule has 2 rings (SSSR count). The number of amides is 1.